The molecule has 75 heavy (non-hydrogen) atoms. The zero-order chi connectivity index (χ0) is 55.8. The molecule has 0 aromatic heterocycles. The number of aromatic hydroxyl groups is 1. The number of aliphatic imine (C=N–C) groups is 1. The number of nitrogens with two attached hydrogens (primary N) is 6. The third-order valence-corrected chi connectivity index (χ3v) is 12.2. The smallest absolute Gasteiger partial charge is 0.246 e. The van der Waals surface area contributed by atoms with Crippen molar-refractivity contribution in [1.29, 1.82) is 0 Å². The van der Waals surface area contributed by atoms with Crippen LogP contribution in [0.15, 0.2) is 59.6 Å². The average Bonchev–Trinajstić information content (AvgIpc) is 3.87. The summed E-state index contributed by atoms with van der Waals surface area (Å²) in [7, 11) is 0. The van der Waals surface area contributed by atoms with Crippen molar-refractivity contribution in [3.05, 3.63) is 65.7 Å². The molecular formula is C46H67N15O12S2. The van der Waals surface area contributed by atoms with Crippen LogP contribution in [0.5, 0.6) is 5.75 Å². The normalized spacial score (nSPS) is 15.7. The van der Waals surface area contributed by atoms with Crippen LogP contribution >= 0.6 is 25.3 Å². The van der Waals surface area contributed by atoms with Crippen molar-refractivity contribution in [3.8, 4) is 5.75 Å². The molecule has 1 aliphatic rings. The minimum absolute atomic E-state index is 0.0193. The number of likely N-dealkylation sites (tertiary alicyclic amines) is 1. The van der Waals surface area contributed by atoms with Gasteiger partial charge < -0.3 is 81.6 Å². The number of primary amides is 3. The number of benzene rings is 2. The molecule has 11 amide bonds. The van der Waals surface area contributed by atoms with E-state index in [1.54, 1.807) is 30.3 Å². The zero-order valence-corrected chi connectivity index (χ0v) is 42.7. The topological polar surface area (TPSA) is 464 Å². The summed E-state index contributed by atoms with van der Waals surface area (Å²) in [5.74, 6) is -10.6. The van der Waals surface area contributed by atoms with Gasteiger partial charge in [-0.25, -0.2) is 0 Å². The summed E-state index contributed by atoms with van der Waals surface area (Å²) in [6, 6.07) is 2.96. The summed E-state index contributed by atoms with van der Waals surface area (Å²) in [6.07, 6.45) is -1.35. The molecule has 1 aliphatic heterocycles. The maximum atomic E-state index is 14.3. The van der Waals surface area contributed by atoms with Gasteiger partial charge in [0.1, 0.15) is 48.0 Å². The van der Waals surface area contributed by atoms with Gasteiger partial charge in [0.15, 0.2) is 5.96 Å². The summed E-state index contributed by atoms with van der Waals surface area (Å²) in [6.45, 7) is -0.383. The number of hydrogen-bond acceptors (Lipinski definition) is 16. The molecule has 0 radical (unpaired) electrons. The number of amides is 11. The predicted octanol–water partition coefficient (Wildman–Crippen LogP) is -5.94. The predicted molar refractivity (Wildman–Crippen MR) is 278 cm³/mol. The number of carbonyl (C=O) groups is 11. The number of rotatable bonds is 31. The number of phenolic OH excluding ortho intramolecular Hbond substituents is 1. The highest BCUT2D eigenvalue weighted by Crippen LogP contribution is 2.20. The van der Waals surface area contributed by atoms with E-state index in [-0.39, 0.29) is 68.4 Å². The molecule has 1 saturated heterocycles. The van der Waals surface area contributed by atoms with Crippen LogP contribution in [0.4, 0.5) is 0 Å². The first-order valence-electron chi connectivity index (χ1n) is 23.6. The second-order valence-corrected chi connectivity index (χ2v) is 18.1. The Balaban J connectivity index is 1.86. The van der Waals surface area contributed by atoms with Crippen molar-refractivity contribution < 1.29 is 57.8 Å². The lowest BCUT2D eigenvalue weighted by Crippen LogP contribution is -2.61. The molecular weight excluding hydrogens is 1020 g/mol. The van der Waals surface area contributed by atoms with Crippen LogP contribution in [0.3, 0.4) is 0 Å². The van der Waals surface area contributed by atoms with E-state index in [2.05, 4.69) is 67.5 Å². The van der Waals surface area contributed by atoms with Crippen LogP contribution in [-0.2, 0) is 65.6 Å². The Labute approximate surface area is 442 Å². The fourth-order valence-corrected chi connectivity index (χ4v) is 7.99. The number of hydrogen-bond donors (Lipinski definition) is 16. The molecule has 1 fully saturated rings. The van der Waals surface area contributed by atoms with Crippen LogP contribution in [-0.4, -0.2) is 160 Å². The Hall–Kier alpha value is -7.66. The fourth-order valence-electron chi connectivity index (χ4n) is 7.58. The van der Waals surface area contributed by atoms with Gasteiger partial charge in [-0.05, 0) is 55.4 Å². The van der Waals surface area contributed by atoms with Gasteiger partial charge in [0.05, 0.1) is 19.0 Å². The standard InChI is InChI=1S/C46H67N15O12S2/c47-27(22-74)38(66)57-30(19-25-10-12-26(62)13-11-25)42(70)58-31(18-24-6-2-1-3-7-24)41(69)55-29(14-15-35(48)63)40(68)59-32(20-36(49)64)43(71)60-33(23-75)45(73)61-17-5-9-34(61)44(72)56-28(8-4-16-53-46(51)52)39(67)54-21-37(50)65/h1-3,6-7,10-13,27-34,62,74-75H,4-5,8-9,14-23,47H2,(H2,48,63)(H2,49,64)(H2,50,65)(H,54,67)(H,55,69)(H,56,72)(H,57,66)(H,58,70)(H,59,68)(H,60,71)(H4,51,52,53)/t27-,28-,29-,30-,31-,32-,33+,34-/m0/s1. The second-order valence-electron chi connectivity index (χ2n) is 17.4. The summed E-state index contributed by atoms with van der Waals surface area (Å²) >= 11 is 8.30. The minimum atomic E-state index is -1.80. The average molecular weight is 1090 g/mol. The number of guanidine groups is 1. The Morgan fingerprint density at radius 1 is 0.613 bits per heavy atom. The van der Waals surface area contributed by atoms with Crippen LogP contribution in [0.25, 0.3) is 0 Å². The zero-order valence-electron chi connectivity index (χ0n) is 40.9. The van der Waals surface area contributed by atoms with Crippen LogP contribution < -0.4 is 71.6 Å². The molecule has 0 aliphatic carbocycles. The van der Waals surface area contributed by atoms with Gasteiger partial charge in [0.2, 0.25) is 65.0 Å². The molecule has 410 valence electrons. The Kier molecular flexibility index (Phi) is 25.6. The Morgan fingerprint density at radius 3 is 1.71 bits per heavy atom. The van der Waals surface area contributed by atoms with Crippen LogP contribution in [0.2, 0.25) is 0 Å². The second kappa shape index (κ2) is 31.2. The maximum Gasteiger partial charge on any atom is 0.246 e. The van der Waals surface area contributed by atoms with Crippen molar-refractivity contribution in [2.24, 2.45) is 39.4 Å². The quantitative estimate of drug-likeness (QED) is 0.0145. The van der Waals surface area contributed by atoms with E-state index < -0.39 is 139 Å². The molecule has 0 spiro atoms. The van der Waals surface area contributed by atoms with Gasteiger partial charge in [0.25, 0.3) is 0 Å². The van der Waals surface area contributed by atoms with E-state index in [9.17, 15) is 57.8 Å². The molecule has 0 saturated carbocycles. The molecule has 29 heteroatoms. The first-order chi connectivity index (χ1) is 35.5. The molecule has 27 nitrogen and oxygen atoms in total. The SMILES string of the molecule is NC(=O)CC[C@H](NC(=O)[C@H](Cc1ccccc1)NC(=O)[C@H](Cc1ccc(O)cc1)NC(=O)[C@@H](N)CS)C(=O)N[C@@H](CC(N)=O)C(=O)N[C@H](CS)C(=O)N1CCC[C@H]1C(=O)N[C@@H](CCCN=C(N)N)C(=O)NCC(N)=O. The highest BCUT2D eigenvalue weighted by molar-refractivity contribution is 7.80. The van der Waals surface area contributed by atoms with Gasteiger partial charge in [-0.15, -0.1) is 0 Å². The van der Waals surface area contributed by atoms with Crippen molar-refractivity contribution in [2.45, 2.75) is 106 Å². The lowest BCUT2D eigenvalue weighted by Gasteiger charge is -2.30. The van der Waals surface area contributed by atoms with Gasteiger partial charge in [-0.3, -0.25) is 57.7 Å². The van der Waals surface area contributed by atoms with E-state index in [4.69, 9.17) is 34.4 Å². The van der Waals surface area contributed by atoms with E-state index in [1.165, 1.54) is 24.3 Å². The van der Waals surface area contributed by atoms with Crippen molar-refractivity contribution in [1.82, 2.24) is 42.1 Å². The lowest BCUT2D eigenvalue weighted by atomic mass is 10.0. The van der Waals surface area contributed by atoms with E-state index in [0.29, 0.717) is 17.5 Å². The van der Waals surface area contributed by atoms with Gasteiger partial charge in [-0.1, -0.05) is 42.5 Å². The van der Waals surface area contributed by atoms with Crippen LogP contribution in [0, 0.1) is 0 Å². The molecule has 20 N–H and O–H groups in total. The fraction of sp³-hybridized carbons (Fsp3) is 0.478. The summed E-state index contributed by atoms with van der Waals surface area (Å²) in [4.78, 5) is 151. The number of thiol groups is 2. The van der Waals surface area contributed by atoms with E-state index >= 15 is 0 Å². The molecule has 3 rings (SSSR count). The minimum Gasteiger partial charge on any atom is -0.508 e. The van der Waals surface area contributed by atoms with E-state index in [1.807, 2.05) is 0 Å². The van der Waals surface area contributed by atoms with E-state index in [0.717, 1.165) is 4.90 Å². The number of nitrogens with zero attached hydrogens (tertiary/aromatic N) is 2. The summed E-state index contributed by atoms with van der Waals surface area (Å²) in [5, 5.41) is 27.2. The lowest BCUT2D eigenvalue weighted by molar-refractivity contribution is -0.142. The third-order valence-electron chi connectivity index (χ3n) is 11.5. The highest BCUT2D eigenvalue weighted by Gasteiger charge is 2.40. The van der Waals surface area contributed by atoms with Crippen LogP contribution in [0.1, 0.15) is 56.1 Å². The molecule has 0 unspecified atom stereocenters. The van der Waals surface area contributed by atoms with Gasteiger partial charge >= 0.3 is 0 Å². The summed E-state index contributed by atoms with van der Waals surface area (Å²) in [5.41, 5.74) is 33.8. The molecule has 2 aromatic carbocycles. The molecule has 2 aromatic rings. The van der Waals surface area contributed by atoms with Crippen molar-refractivity contribution in [2.75, 3.05) is 31.1 Å². The maximum absolute atomic E-state index is 14.3. The van der Waals surface area contributed by atoms with Crippen molar-refractivity contribution >= 4 is 96.2 Å². The Morgan fingerprint density at radius 2 is 1.15 bits per heavy atom. The first-order valence-corrected chi connectivity index (χ1v) is 24.9. The number of carbonyl (C=O) groups excluding carboxylic acids is 11. The molecule has 0 bridgehead atoms. The summed E-state index contributed by atoms with van der Waals surface area (Å²) < 4.78 is 0. The number of phenols is 1. The molecule has 1 heterocycles. The number of nitrogens with one attached hydrogen (secondary N) is 7. The third kappa shape index (κ3) is 21.4. The van der Waals surface area contributed by atoms with Gasteiger partial charge in [0, 0.05) is 43.9 Å². The largest absolute Gasteiger partial charge is 0.508 e. The monoisotopic (exact) mass is 1090 g/mol. The first kappa shape index (κ1) is 61.6. The van der Waals surface area contributed by atoms with Gasteiger partial charge in [-0.2, -0.15) is 25.3 Å². The molecule has 8 atom stereocenters. The Bertz CT molecular complexity index is 2380. The highest BCUT2D eigenvalue weighted by atomic mass is 32.1. The van der Waals surface area contributed by atoms with Crippen molar-refractivity contribution in [3.63, 3.8) is 0 Å².